The Morgan fingerprint density at radius 1 is 0.833 bits per heavy atom. The van der Waals surface area contributed by atoms with Crippen molar-refractivity contribution in [2.75, 3.05) is 0 Å². The van der Waals surface area contributed by atoms with Crippen molar-refractivity contribution in [3.63, 3.8) is 0 Å². The van der Waals surface area contributed by atoms with Crippen LogP contribution in [-0.2, 0) is 9.59 Å². The number of aliphatic hydroxyl groups excluding tert-OH is 1. The molecule has 1 aliphatic carbocycles. The molecule has 0 saturated heterocycles. The third kappa shape index (κ3) is 4.31. The van der Waals surface area contributed by atoms with Gasteiger partial charge in [0.1, 0.15) is 5.76 Å². The van der Waals surface area contributed by atoms with Gasteiger partial charge in [-0.1, -0.05) is 49.9 Å². The average Bonchev–Trinajstić information content (AvgIpc) is 2.57. The molecule has 1 aliphatic rings. The summed E-state index contributed by atoms with van der Waals surface area (Å²) in [5, 5.41) is 18.8. The molecular formula is C19H22O5. The lowest BCUT2D eigenvalue weighted by molar-refractivity contribution is -0.137. The Bertz CT molecular complexity index is 672. The summed E-state index contributed by atoms with van der Waals surface area (Å²) in [5.41, 5.74) is 0.914. The Kier molecular flexibility index (Phi) is 6.29. The SMILES string of the molecule is O=C(O)CCCCCCCCC1=C(O)c2ccccc2C(=O)C1=O. The highest BCUT2D eigenvalue weighted by molar-refractivity contribution is 6.52. The maximum Gasteiger partial charge on any atom is 0.303 e. The predicted molar refractivity (Wildman–Crippen MR) is 89.9 cm³/mol. The summed E-state index contributed by atoms with van der Waals surface area (Å²) in [6.45, 7) is 0. The quantitative estimate of drug-likeness (QED) is 0.529. The number of carboxylic acids is 1. The third-order valence-electron chi connectivity index (χ3n) is 4.26. The molecule has 0 saturated carbocycles. The predicted octanol–water partition coefficient (Wildman–Crippen LogP) is 3.93. The number of aliphatic carboxylic acids is 1. The highest BCUT2D eigenvalue weighted by Crippen LogP contribution is 2.30. The maximum absolute atomic E-state index is 12.1. The van der Waals surface area contributed by atoms with Crippen molar-refractivity contribution in [3.8, 4) is 0 Å². The minimum Gasteiger partial charge on any atom is -0.507 e. The number of carbonyl (C=O) groups is 3. The Hall–Kier alpha value is -2.43. The van der Waals surface area contributed by atoms with Gasteiger partial charge >= 0.3 is 5.97 Å². The van der Waals surface area contributed by atoms with E-state index in [9.17, 15) is 19.5 Å². The van der Waals surface area contributed by atoms with Gasteiger partial charge in [0.05, 0.1) is 0 Å². The van der Waals surface area contributed by atoms with Crippen molar-refractivity contribution in [1.82, 2.24) is 0 Å². The van der Waals surface area contributed by atoms with Crippen LogP contribution in [0.1, 0.15) is 67.3 Å². The second-order valence-electron chi connectivity index (χ2n) is 6.05. The molecule has 0 radical (unpaired) electrons. The number of allylic oxidation sites excluding steroid dienone is 1. The molecule has 0 aromatic heterocycles. The molecule has 2 rings (SSSR count). The van der Waals surface area contributed by atoms with Crippen LogP contribution in [0.25, 0.3) is 5.76 Å². The molecule has 0 amide bonds. The molecule has 0 heterocycles. The van der Waals surface area contributed by atoms with Crippen molar-refractivity contribution >= 4 is 23.3 Å². The molecule has 0 atom stereocenters. The first-order valence-electron chi connectivity index (χ1n) is 8.34. The van der Waals surface area contributed by atoms with Gasteiger partial charge in [0.2, 0.25) is 11.6 Å². The molecule has 2 N–H and O–H groups in total. The fraction of sp³-hybridized carbons (Fsp3) is 0.421. The molecular weight excluding hydrogens is 308 g/mol. The zero-order valence-corrected chi connectivity index (χ0v) is 13.6. The Morgan fingerprint density at radius 2 is 1.42 bits per heavy atom. The van der Waals surface area contributed by atoms with Gasteiger partial charge in [0.25, 0.3) is 0 Å². The number of Topliss-reactive ketones (excluding diaryl/α,β-unsaturated/α-hetero) is 2. The number of aliphatic hydroxyl groups is 1. The number of rotatable bonds is 9. The Morgan fingerprint density at radius 3 is 2.08 bits per heavy atom. The fourth-order valence-corrected chi connectivity index (χ4v) is 2.93. The summed E-state index contributed by atoms with van der Waals surface area (Å²) in [6, 6.07) is 6.61. The smallest absolute Gasteiger partial charge is 0.303 e. The second kappa shape index (κ2) is 8.43. The minimum atomic E-state index is -0.766. The Balaban J connectivity index is 1.83. The lowest BCUT2D eigenvalue weighted by Gasteiger charge is -2.17. The van der Waals surface area contributed by atoms with Crippen molar-refractivity contribution in [2.45, 2.75) is 51.4 Å². The van der Waals surface area contributed by atoms with Gasteiger partial charge in [-0.3, -0.25) is 14.4 Å². The minimum absolute atomic E-state index is 0.0725. The van der Waals surface area contributed by atoms with Gasteiger partial charge < -0.3 is 10.2 Å². The van der Waals surface area contributed by atoms with Crippen LogP contribution in [-0.4, -0.2) is 27.7 Å². The first-order valence-corrected chi connectivity index (χ1v) is 8.34. The molecule has 128 valence electrons. The van der Waals surface area contributed by atoms with Gasteiger partial charge in [-0.05, 0) is 19.3 Å². The zero-order valence-electron chi connectivity index (χ0n) is 13.6. The largest absolute Gasteiger partial charge is 0.507 e. The molecule has 24 heavy (non-hydrogen) atoms. The van der Waals surface area contributed by atoms with Crippen LogP contribution < -0.4 is 0 Å². The first-order chi connectivity index (χ1) is 11.5. The van der Waals surface area contributed by atoms with Crippen LogP contribution in [0.15, 0.2) is 29.8 Å². The van der Waals surface area contributed by atoms with Gasteiger partial charge in [-0.15, -0.1) is 0 Å². The second-order valence-corrected chi connectivity index (χ2v) is 6.05. The van der Waals surface area contributed by atoms with Crippen LogP contribution in [0.3, 0.4) is 0 Å². The van der Waals surface area contributed by atoms with Crippen molar-refractivity contribution < 1.29 is 24.6 Å². The highest BCUT2D eigenvalue weighted by atomic mass is 16.4. The van der Waals surface area contributed by atoms with E-state index in [1.54, 1.807) is 24.3 Å². The molecule has 0 bridgehead atoms. The van der Waals surface area contributed by atoms with Gasteiger partial charge in [0, 0.05) is 23.1 Å². The molecule has 0 fully saturated rings. The van der Waals surface area contributed by atoms with Crippen LogP contribution in [0.5, 0.6) is 0 Å². The summed E-state index contributed by atoms with van der Waals surface area (Å²) in [5.74, 6) is -1.99. The Labute approximate surface area is 141 Å². The molecule has 0 aliphatic heterocycles. The van der Waals surface area contributed by atoms with Crippen LogP contribution in [0.2, 0.25) is 0 Å². The summed E-state index contributed by atoms with van der Waals surface area (Å²) >= 11 is 0. The van der Waals surface area contributed by atoms with E-state index < -0.39 is 17.5 Å². The molecule has 0 spiro atoms. The third-order valence-corrected chi connectivity index (χ3v) is 4.26. The number of hydrogen-bond acceptors (Lipinski definition) is 4. The number of carbonyl (C=O) groups excluding carboxylic acids is 2. The number of fused-ring (bicyclic) bond motifs is 1. The van der Waals surface area contributed by atoms with E-state index in [4.69, 9.17) is 5.11 Å². The normalized spacial score (nSPS) is 14.0. The topological polar surface area (TPSA) is 91.7 Å². The van der Waals surface area contributed by atoms with E-state index in [0.29, 0.717) is 18.4 Å². The van der Waals surface area contributed by atoms with E-state index in [2.05, 4.69) is 0 Å². The van der Waals surface area contributed by atoms with E-state index in [1.165, 1.54) is 0 Å². The van der Waals surface area contributed by atoms with E-state index >= 15 is 0 Å². The number of carboxylic acid groups (broad SMARTS) is 1. The van der Waals surface area contributed by atoms with Gasteiger partial charge in [-0.2, -0.15) is 0 Å². The summed E-state index contributed by atoms with van der Waals surface area (Å²) in [4.78, 5) is 34.6. The van der Waals surface area contributed by atoms with Crippen molar-refractivity contribution in [1.29, 1.82) is 0 Å². The summed E-state index contributed by atoms with van der Waals surface area (Å²) < 4.78 is 0. The first kappa shape index (κ1) is 17.9. The van der Waals surface area contributed by atoms with Crippen molar-refractivity contribution in [2.24, 2.45) is 0 Å². The molecule has 5 heteroatoms. The fourth-order valence-electron chi connectivity index (χ4n) is 2.93. The number of benzene rings is 1. The molecule has 1 aromatic carbocycles. The highest BCUT2D eigenvalue weighted by Gasteiger charge is 2.31. The number of hydrogen-bond donors (Lipinski definition) is 2. The maximum atomic E-state index is 12.1. The number of ketones is 2. The van der Waals surface area contributed by atoms with Crippen LogP contribution >= 0.6 is 0 Å². The summed E-state index contributed by atoms with van der Waals surface area (Å²) in [6.07, 6.45) is 5.67. The standard InChI is InChI=1S/C19H22O5/c20-16(21)12-6-4-2-1-3-5-11-15-17(22)13-9-7-8-10-14(13)18(23)19(15)24/h7-10,22H,1-6,11-12H2,(H,20,21). The zero-order chi connectivity index (χ0) is 17.5. The summed E-state index contributed by atoms with van der Waals surface area (Å²) in [7, 11) is 0. The van der Waals surface area contributed by atoms with E-state index in [1.807, 2.05) is 0 Å². The van der Waals surface area contributed by atoms with Crippen LogP contribution in [0.4, 0.5) is 0 Å². The van der Waals surface area contributed by atoms with Gasteiger partial charge in [0.15, 0.2) is 0 Å². The lowest BCUT2D eigenvalue weighted by atomic mass is 9.86. The monoisotopic (exact) mass is 330 g/mol. The number of unbranched alkanes of at least 4 members (excludes halogenated alkanes) is 5. The average molecular weight is 330 g/mol. The van der Waals surface area contributed by atoms with E-state index in [0.717, 1.165) is 32.1 Å². The molecule has 0 unspecified atom stereocenters. The van der Waals surface area contributed by atoms with Crippen LogP contribution in [0, 0.1) is 0 Å². The molecule has 1 aromatic rings. The van der Waals surface area contributed by atoms with Crippen molar-refractivity contribution in [3.05, 3.63) is 41.0 Å². The van der Waals surface area contributed by atoms with Gasteiger partial charge in [-0.25, -0.2) is 0 Å². The lowest BCUT2D eigenvalue weighted by Crippen LogP contribution is -2.24. The van der Waals surface area contributed by atoms with E-state index in [-0.39, 0.29) is 23.3 Å². The molecule has 5 nitrogen and oxygen atoms in total.